The summed E-state index contributed by atoms with van der Waals surface area (Å²) < 4.78 is 0. The maximum absolute atomic E-state index is 4.77. The van der Waals surface area contributed by atoms with E-state index in [0.29, 0.717) is 0 Å². The molecule has 1 aliphatic heterocycles. The number of hydrogen-bond donors (Lipinski definition) is 1. The summed E-state index contributed by atoms with van der Waals surface area (Å²) >= 11 is 2.05. The third-order valence-corrected chi connectivity index (χ3v) is 4.79. The third kappa shape index (κ3) is 2.76. The minimum atomic E-state index is 0.865. The molecule has 0 amide bonds. The number of hydrogen-bond acceptors (Lipinski definition) is 4. The van der Waals surface area contributed by atoms with Crippen LogP contribution >= 0.6 is 11.8 Å². The molecule has 0 bridgehead atoms. The van der Waals surface area contributed by atoms with Crippen molar-refractivity contribution in [1.29, 1.82) is 0 Å². The molecule has 0 radical (unpaired) electrons. The lowest BCUT2D eigenvalue weighted by molar-refractivity contribution is 0.797. The van der Waals surface area contributed by atoms with Crippen molar-refractivity contribution in [1.82, 2.24) is 10.3 Å². The molecule has 0 saturated carbocycles. The Bertz CT molecular complexity index is 577. The zero-order valence-electron chi connectivity index (χ0n) is 11.9. The molecule has 1 N–H and O–H groups in total. The number of aromatic nitrogens is 1. The molecule has 0 atom stereocenters. The van der Waals surface area contributed by atoms with Crippen LogP contribution in [0.4, 0.5) is 5.82 Å². The Hall–Kier alpha value is -1.26. The lowest BCUT2D eigenvalue weighted by Gasteiger charge is -2.23. The Labute approximate surface area is 124 Å². The van der Waals surface area contributed by atoms with Crippen LogP contribution in [0.1, 0.15) is 12.0 Å². The normalized spacial score (nSPS) is 16.4. The first-order chi connectivity index (χ1) is 9.90. The predicted octanol–water partition coefficient (Wildman–Crippen LogP) is 2.90. The van der Waals surface area contributed by atoms with Crippen LogP contribution in [0.3, 0.4) is 0 Å². The summed E-state index contributed by atoms with van der Waals surface area (Å²) in [5, 5.41) is 5.84. The number of fused-ring (bicyclic) bond motifs is 1. The van der Waals surface area contributed by atoms with E-state index in [1.807, 2.05) is 13.2 Å². The molecule has 2 aromatic rings. The molecule has 1 aromatic heterocycles. The number of pyridine rings is 1. The molecule has 3 rings (SSSR count). The Morgan fingerprint density at radius 2 is 2.05 bits per heavy atom. The minimum Gasteiger partial charge on any atom is -0.355 e. The summed E-state index contributed by atoms with van der Waals surface area (Å²) in [6.45, 7) is 3.09. The number of nitrogens with zero attached hydrogens (tertiary/aromatic N) is 2. The highest BCUT2D eigenvalue weighted by atomic mass is 32.2. The van der Waals surface area contributed by atoms with E-state index in [1.54, 1.807) is 0 Å². The van der Waals surface area contributed by atoms with Gasteiger partial charge >= 0.3 is 0 Å². The van der Waals surface area contributed by atoms with E-state index in [9.17, 15) is 0 Å². The number of nitrogens with one attached hydrogen (secondary N) is 1. The van der Waals surface area contributed by atoms with Crippen LogP contribution < -0.4 is 10.2 Å². The summed E-state index contributed by atoms with van der Waals surface area (Å²) in [6, 6.07) is 8.64. The summed E-state index contributed by atoms with van der Waals surface area (Å²) in [4.78, 5) is 7.22. The van der Waals surface area contributed by atoms with Crippen molar-refractivity contribution in [2.24, 2.45) is 0 Å². The van der Waals surface area contributed by atoms with Crippen LogP contribution in [0.2, 0.25) is 0 Å². The maximum atomic E-state index is 4.77. The summed E-state index contributed by atoms with van der Waals surface area (Å²) in [7, 11) is 1.98. The van der Waals surface area contributed by atoms with E-state index in [-0.39, 0.29) is 0 Å². The van der Waals surface area contributed by atoms with Gasteiger partial charge in [0.1, 0.15) is 5.82 Å². The smallest absolute Gasteiger partial charge is 0.136 e. The number of rotatable bonds is 3. The van der Waals surface area contributed by atoms with Crippen LogP contribution in [0, 0.1) is 0 Å². The highest BCUT2D eigenvalue weighted by Gasteiger charge is 2.15. The lowest BCUT2D eigenvalue weighted by Crippen LogP contribution is -2.26. The van der Waals surface area contributed by atoms with Crippen LogP contribution in [0.25, 0.3) is 10.8 Å². The fraction of sp³-hybridized carbons (Fsp3) is 0.438. The van der Waals surface area contributed by atoms with E-state index < -0.39 is 0 Å². The van der Waals surface area contributed by atoms with Crippen molar-refractivity contribution in [2.45, 2.75) is 13.0 Å². The predicted molar refractivity (Wildman–Crippen MR) is 88.7 cm³/mol. The summed E-state index contributed by atoms with van der Waals surface area (Å²) in [5.74, 6) is 3.63. The van der Waals surface area contributed by atoms with Gasteiger partial charge in [-0.2, -0.15) is 11.8 Å². The second-order valence-corrected chi connectivity index (χ2v) is 6.36. The zero-order chi connectivity index (χ0) is 13.8. The van der Waals surface area contributed by atoms with Gasteiger partial charge in [0.05, 0.1) is 0 Å². The van der Waals surface area contributed by atoms with E-state index >= 15 is 0 Å². The second kappa shape index (κ2) is 6.46. The first kappa shape index (κ1) is 13.7. The van der Waals surface area contributed by atoms with Gasteiger partial charge < -0.3 is 10.2 Å². The largest absolute Gasteiger partial charge is 0.355 e. The van der Waals surface area contributed by atoms with Gasteiger partial charge in [0.2, 0.25) is 0 Å². The van der Waals surface area contributed by atoms with Crippen LogP contribution in [0.5, 0.6) is 0 Å². The van der Waals surface area contributed by atoms with Gasteiger partial charge in [-0.05, 0) is 30.2 Å². The van der Waals surface area contributed by atoms with Crippen molar-refractivity contribution < 1.29 is 0 Å². The molecular formula is C16H21N3S. The second-order valence-electron chi connectivity index (χ2n) is 5.14. The van der Waals surface area contributed by atoms with Gasteiger partial charge in [-0.15, -0.1) is 0 Å². The minimum absolute atomic E-state index is 0.865. The first-order valence-electron chi connectivity index (χ1n) is 7.24. The van der Waals surface area contributed by atoms with Gasteiger partial charge in [-0.3, -0.25) is 0 Å². The summed E-state index contributed by atoms with van der Waals surface area (Å²) in [5.41, 5.74) is 1.27. The SMILES string of the molecule is CNCc1cnc(N2CCCSCC2)c2ccccc12. The lowest BCUT2D eigenvalue weighted by atomic mass is 10.1. The van der Waals surface area contributed by atoms with Crippen LogP contribution in [0.15, 0.2) is 30.5 Å². The monoisotopic (exact) mass is 287 g/mol. The van der Waals surface area contributed by atoms with Crippen LogP contribution in [-0.4, -0.2) is 36.6 Å². The average Bonchev–Trinajstić information content (AvgIpc) is 2.77. The molecule has 1 fully saturated rings. The van der Waals surface area contributed by atoms with Crippen LogP contribution in [-0.2, 0) is 6.54 Å². The molecule has 2 heterocycles. The fourth-order valence-electron chi connectivity index (χ4n) is 2.78. The van der Waals surface area contributed by atoms with E-state index in [1.165, 1.54) is 34.3 Å². The molecule has 106 valence electrons. The molecule has 20 heavy (non-hydrogen) atoms. The Kier molecular flexibility index (Phi) is 4.43. The maximum Gasteiger partial charge on any atom is 0.136 e. The third-order valence-electron chi connectivity index (χ3n) is 3.75. The van der Waals surface area contributed by atoms with E-state index in [0.717, 1.165) is 25.5 Å². The quantitative estimate of drug-likeness (QED) is 0.939. The molecule has 1 aliphatic rings. The number of thioether (sulfide) groups is 1. The highest BCUT2D eigenvalue weighted by molar-refractivity contribution is 7.99. The van der Waals surface area contributed by atoms with E-state index in [4.69, 9.17) is 4.98 Å². The van der Waals surface area contributed by atoms with Gasteiger partial charge in [0.15, 0.2) is 0 Å². The fourth-order valence-corrected chi connectivity index (χ4v) is 3.66. The van der Waals surface area contributed by atoms with Gasteiger partial charge in [-0.25, -0.2) is 4.98 Å². The first-order valence-corrected chi connectivity index (χ1v) is 8.39. The average molecular weight is 287 g/mol. The molecule has 1 saturated heterocycles. The molecule has 0 unspecified atom stereocenters. The van der Waals surface area contributed by atoms with Crippen molar-refractivity contribution in [3.05, 3.63) is 36.0 Å². The van der Waals surface area contributed by atoms with Crippen molar-refractivity contribution in [2.75, 3.05) is 36.5 Å². The van der Waals surface area contributed by atoms with Crippen molar-refractivity contribution in [3.63, 3.8) is 0 Å². The van der Waals surface area contributed by atoms with E-state index in [2.05, 4.69) is 46.2 Å². The number of anilines is 1. The summed E-state index contributed by atoms with van der Waals surface area (Å²) in [6.07, 6.45) is 3.28. The zero-order valence-corrected chi connectivity index (χ0v) is 12.7. The van der Waals surface area contributed by atoms with Gasteiger partial charge in [0.25, 0.3) is 0 Å². The topological polar surface area (TPSA) is 28.2 Å². The molecule has 3 nitrogen and oxygen atoms in total. The molecule has 0 spiro atoms. The highest BCUT2D eigenvalue weighted by Crippen LogP contribution is 2.28. The van der Waals surface area contributed by atoms with Crippen molar-refractivity contribution in [3.8, 4) is 0 Å². The molecule has 1 aromatic carbocycles. The number of benzene rings is 1. The molecular weight excluding hydrogens is 266 g/mol. The molecule has 0 aliphatic carbocycles. The standard InChI is InChI=1S/C16H21N3S/c1-17-11-13-12-18-16(15-6-3-2-5-14(13)15)19-7-4-9-20-10-8-19/h2-3,5-6,12,17H,4,7-11H2,1H3. The Morgan fingerprint density at radius 3 is 2.90 bits per heavy atom. The Balaban J connectivity index is 2.04. The Morgan fingerprint density at radius 1 is 1.20 bits per heavy atom. The van der Waals surface area contributed by atoms with Crippen molar-refractivity contribution >= 4 is 28.4 Å². The molecule has 4 heteroatoms. The van der Waals surface area contributed by atoms with Gasteiger partial charge in [0, 0.05) is 37.0 Å². The van der Waals surface area contributed by atoms with Gasteiger partial charge in [-0.1, -0.05) is 24.3 Å².